The van der Waals surface area contributed by atoms with E-state index in [1.54, 1.807) is 0 Å². The highest BCUT2D eigenvalue weighted by molar-refractivity contribution is 7.90. The van der Waals surface area contributed by atoms with Crippen molar-refractivity contribution in [2.75, 3.05) is 13.2 Å². The molecule has 0 amide bonds. The minimum Gasteiger partial charge on any atom is -0.381 e. The van der Waals surface area contributed by atoms with Gasteiger partial charge in [-0.1, -0.05) is 29.8 Å². The number of halogens is 1. The van der Waals surface area contributed by atoms with Gasteiger partial charge in [-0.05, 0) is 38.3 Å². The number of benzene rings is 1. The van der Waals surface area contributed by atoms with Crippen LogP contribution in [0, 0.1) is 5.92 Å². The highest BCUT2D eigenvalue weighted by Crippen LogP contribution is 2.27. The molecule has 1 aromatic rings. The van der Waals surface area contributed by atoms with Gasteiger partial charge in [0.15, 0.2) is 0 Å². The van der Waals surface area contributed by atoms with Gasteiger partial charge in [-0.2, -0.15) is 0 Å². The Hall–Kier alpha value is -0.620. The Kier molecular flexibility index (Phi) is 5.66. The highest BCUT2D eigenvalue weighted by atomic mass is 35.5. The van der Waals surface area contributed by atoms with Crippen LogP contribution in [0.5, 0.6) is 0 Å². The summed E-state index contributed by atoms with van der Waals surface area (Å²) in [6, 6.07) is 7.46. The zero-order valence-corrected chi connectivity index (χ0v) is 14.0. The fraction of sp³-hybridized carbons (Fsp3) is 0.600. The molecule has 4 nitrogen and oxygen atoms in total. The zero-order valence-electron chi connectivity index (χ0n) is 12.4. The van der Waals surface area contributed by atoms with E-state index in [4.69, 9.17) is 16.3 Å². The van der Waals surface area contributed by atoms with E-state index in [0.29, 0.717) is 31.1 Å². The molecule has 1 saturated heterocycles. The Morgan fingerprint density at radius 3 is 2.76 bits per heavy atom. The first-order valence-electron chi connectivity index (χ1n) is 7.22. The number of rotatable bonds is 5. The second-order valence-electron chi connectivity index (χ2n) is 5.78. The zero-order chi connectivity index (χ0) is 15.5. The quantitative estimate of drug-likeness (QED) is 0.902. The van der Waals surface area contributed by atoms with Crippen molar-refractivity contribution in [3.8, 4) is 0 Å². The van der Waals surface area contributed by atoms with E-state index in [1.807, 2.05) is 38.1 Å². The average Bonchev–Trinajstić information content (AvgIpc) is 2.40. The summed E-state index contributed by atoms with van der Waals surface area (Å²) in [6.07, 6.45) is 1.14. The van der Waals surface area contributed by atoms with Crippen molar-refractivity contribution in [3.63, 3.8) is 0 Å². The van der Waals surface area contributed by atoms with Crippen molar-refractivity contribution in [2.45, 2.75) is 38.0 Å². The monoisotopic (exact) mass is 331 g/mol. The molecular weight excluding hydrogens is 310 g/mol. The second kappa shape index (κ2) is 7.09. The van der Waals surface area contributed by atoms with Crippen LogP contribution >= 0.6 is 11.6 Å². The average molecular weight is 332 g/mol. The summed E-state index contributed by atoms with van der Waals surface area (Å²) in [5.41, 5.74) is 0.972. The predicted octanol–water partition coefficient (Wildman–Crippen LogP) is 2.62. The molecule has 21 heavy (non-hydrogen) atoms. The van der Waals surface area contributed by atoms with E-state index in [2.05, 4.69) is 4.72 Å². The summed E-state index contributed by atoms with van der Waals surface area (Å²) >= 11 is 6.18. The summed E-state index contributed by atoms with van der Waals surface area (Å²) in [5.74, 6) is -0.0742. The molecule has 118 valence electrons. The molecule has 0 aliphatic carbocycles. The van der Waals surface area contributed by atoms with Crippen LogP contribution in [0.3, 0.4) is 0 Å². The van der Waals surface area contributed by atoms with Gasteiger partial charge in [0.25, 0.3) is 0 Å². The van der Waals surface area contributed by atoms with E-state index in [0.717, 1.165) is 5.56 Å². The number of nitrogens with one attached hydrogen (secondary N) is 1. The standard InChI is InChI=1S/C15H22ClNO3S/c1-11(2)17-21(18,19)15-7-8-20-10-13(15)9-12-5-3-4-6-14(12)16/h3-6,11,13,15,17H,7-10H2,1-2H3/t13-,15-/m1/s1. The molecule has 1 fully saturated rings. The van der Waals surface area contributed by atoms with Crippen LogP contribution in [-0.4, -0.2) is 32.9 Å². The molecule has 1 aliphatic rings. The van der Waals surface area contributed by atoms with Gasteiger partial charge >= 0.3 is 0 Å². The summed E-state index contributed by atoms with van der Waals surface area (Å²) in [7, 11) is -3.34. The van der Waals surface area contributed by atoms with Crippen LogP contribution in [0.25, 0.3) is 0 Å². The van der Waals surface area contributed by atoms with Gasteiger partial charge in [0.1, 0.15) is 0 Å². The SMILES string of the molecule is CC(C)NS(=O)(=O)[C@@H]1CCOC[C@H]1Cc1ccccc1Cl. The maximum atomic E-state index is 12.5. The third kappa shape index (κ3) is 4.42. The van der Waals surface area contributed by atoms with Crippen LogP contribution in [0.2, 0.25) is 5.02 Å². The normalized spacial score (nSPS) is 23.4. The molecule has 0 unspecified atom stereocenters. The van der Waals surface area contributed by atoms with Crippen LogP contribution < -0.4 is 4.72 Å². The smallest absolute Gasteiger partial charge is 0.215 e. The van der Waals surface area contributed by atoms with E-state index >= 15 is 0 Å². The summed E-state index contributed by atoms with van der Waals surface area (Å²) in [5, 5.41) is 0.251. The van der Waals surface area contributed by atoms with Crippen molar-refractivity contribution in [3.05, 3.63) is 34.9 Å². The summed E-state index contributed by atoms with van der Waals surface area (Å²) in [4.78, 5) is 0. The van der Waals surface area contributed by atoms with Crippen molar-refractivity contribution in [1.82, 2.24) is 4.72 Å². The highest BCUT2D eigenvalue weighted by Gasteiger charge is 2.36. The number of hydrogen-bond donors (Lipinski definition) is 1. The van der Waals surface area contributed by atoms with Gasteiger partial charge in [-0.25, -0.2) is 13.1 Å². The van der Waals surface area contributed by atoms with Crippen LogP contribution in [-0.2, 0) is 21.2 Å². The van der Waals surface area contributed by atoms with E-state index in [1.165, 1.54) is 0 Å². The number of sulfonamides is 1. The first-order valence-corrected chi connectivity index (χ1v) is 9.15. The maximum Gasteiger partial charge on any atom is 0.215 e. The van der Waals surface area contributed by atoms with Gasteiger partial charge in [0, 0.05) is 23.6 Å². The van der Waals surface area contributed by atoms with E-state index in [-0.39, 0.29) is 12.0 Å². The molecule has 0 bridgehead atoms. The molecule has 0 radical (unpaired) electrons. The molecule has 1 aromatic carbocycles. The molecular formula is C15H22ClNO3S. The molecule has 0 saturated carbocycles. The largest absolute Gasteiger partial charge is 0.381 e. The molecule has 1 N–H and O–H groups in total. The van der Waals surface area contributed by atoms with Crippen LogP contribution in [0.4, 0.5) is 0 Å². The second-order valence-corrected chi connectivity index (χ2v) is 8.11. The van der Waals surface area contributed by atoms with Crippen molar-refractivity contribution < 1.29 is 13.2 Å². The minimum absolute atomic E-state index is 0.0742. The van der Waals surface area contributed by atoms with Gasteiger partial charge in [-0.15, -0.1) is 0 Å². The van der Waals surface area contributed by atoms with Gasteiger partial charge in [-0.3, -0.25) is 0 Å². The summed E-state index contributed by atoms with van der Waals surface area (Å²) < 4.78 is 33.2. The van der Waals surface area contributed by atoms with Crippen LogP contribution in [0.1, 0.15) is 25.8 Å². The Morgan fingerprint density at radius 1 is 1.38 bits per heavy atom. The number of hydrogen-bond acceptors (Lipinski definition) is 3. The minimum atomic E-state index is -3.34. The molecule has 1 aliphatic heterocycles. The molecule has 1 heterocycles. The Labute approximate surface area is 131 Å². The maximum absolute atomic E-state index is 12.5. The molecule has 6 heteroatoms. The van der Waals surface area contributed by atoms with E-state index < -0.39 is 15.3 Å². The predicted molar refractivity (Wildman–Crippen MR) is 85.1 cm³/mol. The van der Waals surface area contributed by atoms with Crippen molar-refractivity contribution >= 4 is 21.6 Å². The van der Waals surface area contributed by atoms with Gasteiger partial charge < -0.3 is 4.74 Å². The van der Waals surface area contributed by atoms with Gasteiger partial charge in [0.2, 0.25) is 10.0 Å². The van der Waals surface area contributed by atoms with Crippen LogP contribution in [0.15, 0.2) is 24.3 Å². The van der Waals surface area contributed by atoms with Crippen molar-refractivity contribution in [1.29, 1.82) is 0 Å². The van der Waals surface area contributed by atoms with Crippen molar-refractivity contribution in [2.24, 2.45) is 5.92 Å². The fourth-order valence-electron chi connectivity index (χ4n) is 2.74. The lowest BCUT2D eigenvalue weighted by molar-refractivity contribution is 0.0569. The number of ether oxygens (including phenoxy) is 1. The lowest BCUT2D eigenvalue weighted by atomic mass is 9.93. The third-order valence-electron chi connectivity index (χ3n) is 3.64. The Morgan fingerprint density at radius 2 is 2.10 bits per heavy atom. The van der Waals surface area contributed by atoms with E-state index in [9.17, 15) is 8.42 Å². The topological polar surface area (TPSA) is 55.4 Å². The first kappa shape index (κ1) is 16.7. The summed E-state index contributed by atoms with van der Waals surface area (Å²) in [6.45, 7) is 4.61. The lowest BCUT2D eigenvalue weighted by Gasteiger charge is -2.32. The first-order chi connectivity index (χ1) is 9.90. The molecule has 2 atom stereocenters. The Balaban J connectivity index is 2.18. The lowest BCUT2D eigenvalue weighted by Crippen LogP contribution is -2.46. The third-order valence-corrected chi connectivity index (χ3v) is 6.23. The van der Waals surface area contributed by atoms with Gasteiger partial charge in [0.05, 0.1) is 11.9 Å². The fourth-order valence-corrected chi connectivity index (χ4v) is 4.87. The Bertz CT molecular complexity index is 574. The molecule has 2 rings (SSSR count). The molecule has 0 spiro atoms. The molecule has 0 aromatic heterocycles.